The van der Waals surface area contributed by atoms with E-state index in [1.807, 2.05) is 19.0 Å². The lowest BCUT2D eigenvalue weighted by molar-refractivity contribution is -0.129. The van der Waals surface area contributed by atoms with Crippen LogP contribution in [0, 0.1) is 0 Å². The maximum atomic E-state index is 11.0. The molecule has 0 aliphatic heterocycles. The van der Waals surface area contributed by atoms with Crippen LogP contribution < -0.4 is 5.32 Å². The molecule has 0 aliphatic rings. The number of nitrogens with zero attached hydrogens (tertiary/aromatic N) is 1. The third kappa shape index (κ3) is 9.15. The van der Waals surface area contributed by atoms with Crippen LogP contribution in [0.15, 0.2) is 0 Å². The Morgan fingerprint density at radius 3 is 2.43 bits per heavy atom. The van der Waals surface area contributed by atoms with Crippen LogP contribution in [0.4, 0.5) is 0 Å². The minimum Gasteiger partial charge on any atom is -0.364 e. The molecule has 5 heteroatoms. The quantitative estimate of drug-likeness (QED) is 0.591. The van der Waals surface area contributed by atoms with Crippen molar-refractivity contribution in [2.75, 3.05) is 40.4 Å². The van der Waals surface area contributed by atoms with E-state index in [-0.39, 0.29) is 24.9 Å². The van der Waals surface area contributed by atoms with Crippen molar-refractivity contribution in [3.63, 3.8) is 0 Å². The van der Waals surface area contributed by atoms with Gasteiger partial charge in [-0.3, -0.25) is 9.59 Å². The molecule has 0 unspecified atom stereocenters. The molecule has 0 aromatic rings. The number of hydrogen-bond acceptors (Lipinski definition) is 4. The summed E-state index contributed by atoms with van der Waals surface area (Å²) in [5, 5.41) is 2.67. The van der Waals surface area contributed by atoms with Crippen molar-refractivity contribution in [1.82, 2.24) is 10.2 Å². The maximum Gasteiger partial charge on any atom is 0.246 e. The van der Waals surface area contributed by atoms with Crippen LogP contribution in [-0.4, -0.2) is 57.0 Å². The Labute approximate surface area is 84.4 Å². The summed E-state index contributed by atoms with van der Waals surface area (Å²) in [6.07, 6.45) is 0. The van der Waals surface area contributed by atoms with Gasteiger partial charge in [0.1, 0.15) is 13.2 Å². The summed E-state index contributed by atoms with van der Waals surface area (Å²) in [7, 11) is 3.86. The molecule has 14 heavy (non-hydrogen) atoms. The van der Waals surface area contributed by atoms with E-state index in [4.69, 9.17) is 4.74 Å². The minimum atomic E-state index is -0.187. The Bertz CT molecular complexity index is 192. The molecule has 0 heterocycles. The third-order valence-corrected chi connectivity index (χ3v) is 1.42. The Balaban J connectivity index is 3.33. The summed E-state index contributed by atoms with van der Waals surface area (Å²) in [4.78, 5) is 23.5. The molecule has 1 amide bonds. The lowest BCUT2D eigenvalue weighted by Gasteiger charge is -2.10. The number of amides is 1. The van der Waals surface area contributed by atoms with Crippen molar-refractivity contribution in [2.24, 2.45) is 0 Å². The second-order valence-electron chi connectivity index (χ2n) is 3.35. The van der Waals surface area contributed by atoms with E-state index in [0.29, 0.717) is 6.54 Å². The van der Waals surface area contributed by atoms with Crippen molar-refractivity contribution in [3.8, 4) is 0 Å². The first-order valence-corrected chi connectivity index (χ1v) is 4.51. The van der Waals surface area contributed by atoms with Crippen molar-refractivity contribution >= 4 is 11.7 Å². The second-order valence-corrected chi connectivity index (χ2v) is 3.35. The van der Waals surface area contributed by atoms with E-state index in [2.05, 4.69) is 5.32 Å². The van der Waals surface area contributed by atoms with Gasteiger partial charge in [-0.05, 0) is 21.0 Å². The number of nitrogens with one attached hydrogen (secondary N) is 1. The van der Waals surface area contributed by atoms with Gasteiger partial charge in [-0.25, -0.2) is 0 Å². The Morgan fingerprint density at radius 1 is 1.29 bits per heavy atom. The molecular weight excluding hydrogens is 184 g/mol. The molecule has 0 rings (SSSR count). The van der Waals surface area contributed by atoms with Gasteiger partial charge in [-0.15, -0.1) is 0 Å². The molecular formula is C9H18N2O3. The standard InChI is InChI=1S/C9H18N2O3/c1-8(12)6-14-7-9(13)10-4-5-11(2)3/h4-7H2,1-3H3,(H,10,13). The summed E-state index contributed by atoms with van der Waals surface area (Å²) < 4.78 is 4.84. The molecule has 82 valence electrons. The molecule has 0 bridgehead atoms. The zero-order valence-electron chi connectivity index (χ0n) is 9.00. The second kappa shape index (κ2) is 7.46. The predicted molar refractivity (Wildman–Crippen MR) is 53.1 cm³/mol. The summed E-state index contributed by atoms with van der Waals surface area (Å²) in [5.41, 5.74) is 0. The number of ketones is 1. The molecule has 0 radical (unpaired) electrons. The van der Waals surface area contributed by atoms with Gasteiger partial charge in [0.05, 0.1) is 0 Å². The highest BCUT2D eigenvalue weighted by molar-refractivity contribution is 5.79. The van der Waals surface area contributed by atoms with Crippen LogP contribution >= 0.6 is 0 Å². The largest absolute Gasteiger partial charge is 0.364 e. The average Bonchev–Trinajstić information content (AvgIpc) is 2.02. The van der Waals surface area contributed by atoms with Gasteiger partial charge in [-0.2, -0.15) is 0 Å². The number of carbonyl (C=O) groups is 2. The zero-order chi connectivity index (χ0) is 11.0. The van der Waals surface area contributed by atoms with Gasteiger partial charge >= 0.3 is 0 Å². The molecule has 0 fully saturated rings. The monoisotopic (exact) mass is 202 g/mol. The fraction of sp³-hybridized carbons (Fsp3) is 0.778. The van der Waals surface area contributed by atoms with Crippen LogP contribution in [0.3, 0.4) is 0 Å². The molecule has 0 spiro atoms. The van der Waals surface area contributed by atoms with Gasteiger partial charge in [-0.1, -0.05) is 0 Å². The number of likely N-dealkylation sites (N-methyl/N-ethyl adjacent to an activating group) is 1. The van der Waals surface area contributed by atoms with Crippen molar-refractivity contribution < 1.29 is 14.3 Å². The number of Topliss-reactive ketones (excluding diaryl/α,β-unsaturated/α-hetero) is 1. The van der Waals surface area contributed by atoms with Gasteiger partial charge < -0.3 is 15.0 Å². The van der Waals surface area contributed by atoms with Crippen molar-refractivity contribution in [3.05, 3.63) is 0 Å². The number of rotatable bonds is 7. The first-order valence-electron chi connectivity index (χ1n) is 4.51. The van der Waals surface area contributed by atoms with Gasteiger partial charge in [0.15, 0.2) is 5.78 Å². The van der Waals surface area contributed by atoms with Crippen LogP contribution in [0.5, 0.6) is 0 Å². The first kappa shape index (κ1) is 13.1. The molecule has 0 aromatic carbocycles. The number of ether oxygens (including phenoxy) is 1. The van der Waals surface area contributed by atoms with E-state index in [1.54, 1.807) is 0 Å². The fourth-order valence-corrected chi connectivity index (χ4v) is 0.757. The summed E-state index contributed by atoms with van der Waals surface area (Å²) in [5.74, 6) is -0.265. The van der Waals surface area contributed by atoms with Crippen LogP contribution in [0.1, 0.15) is 6.92 Å². The van der Waals surface area contributed by atoms with Crippen LogP contribution in [0.25, 0.3) is 0 Å². The van der Waals surface area contributed by atoms with E-state index in [1.165, 1.54) is 6.92 Å². The van der Waals surface area contributed by atoms with Crippen molar-refractivity contribution in [2.45, 2.75) is 6.92 Å². The molecule has 0 saturated heterocycles. The molecule has 0 saturated carbocycles. The highest BCUT2D eigenvalue weighted by Gasteiger charge is 2.01. The van der Waals surface area contributed by atoms with E-state index < -0.39 is 0 Å². The Morgan fingerprint density at radius 2 is 1.93 bits per heavy atom. The number of carbonyl (C=O) groups excluding carboxylic acids is 2. The lowest BCUT2D eigenvalue weighted by atomic mass is 10.5. The predicted octanol–water partition coefficient (Wildman–Crippen LogP) is -0.730. The topological polar surface area (TPSA) is 58.6 Å². The average molecular weight is 202 g/mol. The smallest absolute Gasteiger partial charge is 0.246 e. The zero-order valence-corrected chi connectivity index (χ0v) is 9.00. The van der Waals surface area contributed by atoms with Crippen molar-refractivity contribution in [1.29, 1.82) is 0 Å². The van der Waals surface area contributed by atoms with Gasteiger partial charge in [0, 0.05) is 13.1 Å². The van der Waals surface area contributed by atoms with Gasteiger partial charge in [0.2, 0.25) is 5.91 Å². The van der Waals surface area contributed by atoms with E-state index in [0.717, 1.165) is 6.54 Å². The lowest BCUT2D eigenvalue weighted by Crippen LogP contribution is -2.34. The van der Waals surface area contributed by atoms with Crippen LogP contribution in [-0.2, 0) is 14.3 Å². The molecule has 0 aromatic heterocycles. The highest BCUT2D eigenvalue weighted by atomic mass is 16.5. The first-order chi connectivity index (χ1) is 6.52. The van der Waals surface area contributed by atoms with E-state index in [9.17, 15) is 9.59 Å². The molecule has 1 N–H and O–H groups in total. The SMILES string of the molecule is CC(=O)COCC(=O)NCCN(C)C. The summed E-state index contributed by atoms with van der Waals surface area (Å²) in [6.45, 7) is 2.76. The third-order valence-electron chi connectivity index (χ3n) is 1.42. The minimum absolute atomic E-state index is 0.00109. The molecule has 0 aliphatic carbocycles. The summed E-state index contributed by atoms with van der Waals surface area (Å²) in [6, 6.07) is 0. The molecule has 5 nitrogen and oxygen atoms in total. The normalized spacial score (nSPS) is 10.3. The summed E-state index contributed by atoms with van der Waals surface area (Å²) >= 11 is 0. The van der Waals surface area contributed by atoms with Gasteiger partial charge in [0.25, 0.3) is 0 Å². The van der Waals surface area contributed by atoms with Crippen LogP contribution in [0.2, 0.25) is 0 Å². The Hall–Kier alpha value is -0.940. The fourth-order valence-electron chi connectivity index (χ4n) is 0.757. The molecule has 0 atom stereocenters. The number of hydrogen-bond donors (Lipinski definition) is 1. The highest BCUT2D eigenvalue weighted by Crippen LogP contribution is 1.78. The Kier molecular flexibility index (Phi) is 6.96. The maximum absolute atomic E-state index is 11.0. The van der Waals surface area contributed by atoms with E-state index >= 15 is 0 Å².